The monoisotopic (exact) mass is 352 g/mol. The maximum atomic E-state index is 12.5. The number of quaternary nitrogens is 1. The molecule has 0 aliphatic carbocycles. The van der Waals surface area contributed by atoms with Crippen LogP contribution in [0.3, 0.4) is 0 Å². The molecule has 2 aromatic carbocycles. The highest BCUT2D eigenvalue weighted by atomic mass is 16.5. The summed E-state index contributed by atoms with van der Waals surface area (Å²) in [4.78, 5) is 12.5. The Bertz CT molecular complexity index is 777. The van der Waals surface area contributed by atoms with Gasteiger partial charge in [-0.15, -0.1) is 0 Å². The minimum absolute atomic E-state index is 0.0862. The van der Waals surface area contributed by atoms with Crippen molar-refractivity contribution in [1.82, 2.24) is 0 Å². The lowest BCUT2D eigenvalue weighted by molar-refractivity contribution is -0.947. The van der Waals surface area contributed by atoms with E-state index in [0.717, 1.165) is 10.9 Å². The van der Waals surface area contributed by atoms with Crippen LogP contribution in [0.25, 0.3) is 10.8 Å². The van der Waals surface area contributed by atoms with E-state index in [9.17, 15) is 4.79 Å². The first-order valence-electron chi connectivity index (χ1n) is 10.1. The van der Waals surface area contributed by atoms with Gasteiger partial charge in [-0.1, -0.05) is 42.5 Å². The summed E-state index contributed by atoms with van der Waals surface area (Å²) >= 11 is 0. The Balaban J connectivity index is 1.39. The van der Waals surface area contributed by atoms with Crippen LogP contribution in [0.15, 0.2) is 42.5 Å². The highest BCUT2D eigenvalue weighted by Gasteiger charge is 2.43. The number of fused-ring (bicyclic) bond motifs is 2. The van der Waals surface area contributed by atoms with Gasteiger partial charge in [-0.3, -0.25) is 4.79 Å². The Hall–Kier alpha value is -1.87. The van der Waals surface area contributed by atoms with Crippen molar-refractivity contribution < 1.29 is 14.0 Å². The smallest absolute Gasteiger partial charge is 0.310 e. The zero-order valence-corrected chi connectivity index (χ0v) is 15.8. The molecule has 0 bridgehead atoms. The van der Waals surface area contributed by atoms with Gasteiger partial charge in [-0.2, -0.15) is 0 Å². The van der Waals surface area contributed by atoms with Crippen LogP contribution in [0, 0.1) is 5.92 Å². The van der Waals surface area contributed by atoms with Gasteiger partial charge in [0.05, 0.1) is 39.2 Å². The second-order valence-corrected chi connectivity index (χ2v) is 8.39. The molecule has 3 heteroatoms. The van der Waals surface area contributed by atoms with Crippen LogP contribution >= 0.6 is 0 Å². The molecule has 138 valence electrons. The van der Waals surface area contributed by atoms with Gasteiger partial charge in [0.25, 0.3) is 0 Å². The normalized spacial score (nSPS) is 28.5. The van der Waals surface area contributed by atoms with Crippen LogP contribution in [-0.2, 0) is 16.0 Å². The highest BCUT2D eigenvalue weighted by molar-refractivity contribution is 5.88. The Morgan fingerprint density at radius 1 is 1.04 bits per heavy atom. The number of nitrogens with zero attached hydrogens (tertiary/aromatic N) is 1. The van der Waals surface area contributed by atoms with Crippen molar-refractivity contribution in [3.8, 4) is 0 Å². The topological polar surface area (TPSA) is 26.3 Å². The molecule has 0 aromatic heterocycles. The lowest BCUT2D eigenvalue weighted by atomic mass is 9.82. The number of piperidine rings is 2. The summed E-state index contributed by atoms with van der Waals surface area (Å²) in [7, 11) is 2.41. The molecule has 3 unspecified atom stereocenters. The summed E-state index contributed by atoms with van der Waals surface area (Å²) < 4.78 is 6.98. The molecule has 0 amide bonds. The lowest BCUT2D eigenvalue weighted by Gasteiger charge is -2.51. The van der Waals surface area contributed by atoms with E-state index in [1.807, 2.05) is 24.3 Å². The third-order valence-corrected chi connectivity index (χ3v) is 6.68. The summed E-state index contributed by atoms with van der Waals surface area (Å²) in [6, 6.07) is 15.1. The molecule has 0 radical (unpaired) electrons. The third kappa shape index (κ3) is 3.50. The molecule has 2 fully saturated rings. The van der Waals surface area contributed by atoms with Crippen molar-refractivity contribution in [2.24, 2.45) is 5.92 Å². The summed E-state index contributed by atoms with van der Waals surface area (Å²) in [5, 5.41) is 2.33. The summed E-state index contributed by atoms with van der Waals surface area (Å²) in [6.07, 6.45) is 6.81. The first-order valence-corrected chi connectivity index (χ1v) is 10.1. The van der Waals surface area contributed by atoms with Crippen LogP contribution in [-0.4, -0.2) is 43.2 Å². The average molecular weight is 352 g/mol. The first kappa shape index (κ1) is 17.5. The third-order valence-electron chi connectivity index (χ3n) is 6.68. The zero-order valence-electron chi connectivity index (χ0n) is 15.8. The number of hydrogen-bond donors (Lipinski definition) is 0. The number of carbonyl (C=O) groups excluding carboxylic acids is 1. The van der Waals surface area contributed by atoms with Crippen LogP contribution in [0.5, 0.6) is 0 Å². The molecule has 4 rings (SSSR count). The number of esters is 1. The molecule has 2 aliphatic heterocycles. The van der Waals surface area contributed by atoms with Gasteiger partial charge in [0.2, 0.25) is 0 Å². The number of carbonyl (C=O) groups is 1. The largest absolute Gasteiger partial charge is 0.465 e. The highest BCUT2D eigenvalue weighted by Crippen LogP contribution is 2.36. The molecular formula is C23H30NO2+. The van der Waals surface area contributed by atoms with Crippen molar-refractivity contribution in [1.29, 1.82) is 0 Å². The summed E-state index contributed by atoms with van der Waals surface area (Å²) in [6.45, 7) is 3.19. The Labute approximate surface area is 156 Å². The van der Waals surface area contributed by atoms with E-state index < -0.39 is 0 Å². The quantitative estimate of drug-likeness (QED) is 0.604. The Kier molecular flexibility index (Phi) is 4.99. The van der Waals surface area contributed by atoms with Crippen LogP contribution in [0.1, 0.15) is 37.7 Å². The van der Waals surface area contributed by atoms with E-state index in [-0.39, 0.29) is 5.97 Å². The maximum Gasteiger partial charge on any atom is 0.310 e. The number of rotatable bonds is 4. The van der Waals surface area contributed by atoms with E-state index >= 15 is 0 Å². The Morgan fingerprint density at radius 2 is 1.85 bits per heavy atom. The zero-order chi connectivity index (χ0) is 18.0. The summed E-state index contributed by atoms with van der Waals surface area (Å²) in [5.74, 6) is 0.447. The van der Waals surface area contributed by atoms with Crippen molar-refractivity contribution in [2.45, 2.75) is 44.6 Å². The van der Waals surface area contributed by atoms with Gasteiger partial charge in [-0.25, -0.2) is 0 Å². The molecular weight excluding hydrogens is 322 g/mol. The summed E-state index contributed by atoms with van der Waals surface area (Å²) in [5.41, 5.74) is 1.06. The molecule has 0 saturated carbocycles. The molecule has 2 aliphatic rings. The van der Waals surface area contributed by atoms with E-state index in [1.165, 1.54) is 55.1 Å². The first-order chi connectivity index (χ1) is 12.7. The molecule has 3 atom stereocenters. The fourth-order valence-electron chi connectivity index (χ4n) is 5.28. The van der Waals surface area contributed by atoms with Gasteiger partial charge < -0.3 is 9.22 Å². The SMILES string of the molecule is C[N+]12CCCCC1C(COC(=O)Cc1cccc3ccccc13)CCC2. The van der Waals surface area contributed by atoms with Crippen LogP contribution < -0.4 is 0 Å². The van der Waals surface area contributed by atoms with E-state index in [2.05, 4.69) is 25.2 Å². The molecule has 0 spiro atoms. The Morgan fingerprint density at radius 3 is 2.77 bits per heavy atom. The van der Waals surface area contributed by atoms with Gasteiger partial charge in [-0.05, 0) is 42.0 Å². The molecule has 2 saturated heterocycles. The number of benzene rings is 2. The van der Waals surface area contributed by atoms with E-state index in [4.69, 9.17) is 4.74 Å². The van der Waals surface area contributed by atoms with Crippen molar-refractivity contribution >= 4 is 16.7 Å². The predicted molar refractivity (Wildman–Crippen MR) is 105 cm³/mol. The number of hydrogen-bond acceptors (Lipinski definition) is 2. The molecule has 0 N–H and O–H groups in total. The minimum Gasteiger partial charge on any atom is -0.465 e. The fraction of sp³-hybridized carbons (Fsp3) is 0.522. The lowest BCUT2D eigenvalue weighted by Crippen LogP contribution is -2.61. The van der Waals surface area contributed by atoms with Crippen molar-refractivity contribution in [2.75, 3.05) is 26.7 Å². The van der Waals surface area contributed by atoms with Crippen LogP contribution in [0.2, 0.25) is 0 Å². The van der Waals surface area contributed by atoms with E-state index in [1.54, 1.807) is 0 Å². The molecule has 3 nitrogen and oxygen atoms in total. The van der Waals surface area contributed by atoms with Gasteiger partial charge in [0.15, 0.2) is 0 Å². The maximum absolute atomic E-state index is 12.5. The minimum atomic E-state index is -0.0862. The molecule has 2 heterocycles. The average Bonchev–Trinajstić information content (AvgIpc) is 2.66. The van der Waals surface area contributed by atoms with Gasteiger partial charge >= 0.3 is 5.97 Å². The van der Waals surface area contributed by atoms with Gasteiger partial charge in [0.1, 0.15) is 0 Å². The number of ether oxygens (including phenoxy) is 1. The van der Waals surface area contributed by atoms with E-state index in [0.29, 0.717) is 25.0 Å². The molecule has 26 heavy (non-hydrogen) atoms. The fourth-order valence-corrected chi connectivity index (χ4v) is 5.28. The van der Waals surface area contributed by atoms with Crippen molar-refractivity contribution in [3.63, 3.8) is 0 Å². The second kappa shape index (κ2) is 7.40. The van der Waals surface area contributed by atoms with Gasteiger partial charge in [0, 0.05) is 12.3 Å². The second-order valence-electron chi connectivity index (χ2n) is 8.39. The predicted octanol–water partition coefficient (Wildman–Crippen LogP) is 4.33. The van der Waals surface area contributed by atoms with Crippen molar-refractivity contribution in [3.05, 3.63) is 48.0 Å². The standard InChI is InChI=1S/C23H30NO2/c1-24-14-5-4-13-22(24)20(11-7-15-24)17-26-23(25)16-19-10-6-9-18-8-2-3-12-21(18)19/h2-3,6,8-10,12,20,22H,4-5,7,11,13-17H2,1H3/q+1. The molecule has 2 aromatic rings. The van der Waals surface area contributed by atoms with Crippen LogP contribution in [0.4, 0.5) is 0 Å².